The third-order valence-electron chi connectivity index (χ3n) is 1.60. The predicted molar refractivity (Wildman–Crippen MR) is 56.8 cm³/mol. The van der Waals surface area contributed by atoms with E-state index in [1.807, 2.05) is 18.2 Å². The molecule has 0 saturated carbocycles. The number of alkyl halides is 1. The van der Waals surface area contributed by atoms with Crippen LogP contribution in [0.1, 0.15) is 22.8 Å². The van der Waals surface area contributed by atoms with Crippen LogP contribution in [0.2, 0.25) is 0 Å². The summed E-state index contributed by atoms with van der Waals surface area (Å²) in [5.41, 5.74) is 1.80. The Morgan fingerprint density at radius 2 is 2.17 bits per heavy atom. The van der Waals surface area contributed by atoms with Crippen molar-refractivity contribution in [3.8, 4) is 0 Å². The van der Waals surface area contributed by atoms with Gasteiger partial charge >= 0.3 is 0 Å². The zero-order valence-electron chi connectivity index (χ0n) is 6.60. The van der Waals surface area contributed by atoms with E-state index in [0.717, 1.165) is 15.6 Å². The number of halogens is 2. The predicted octanol–water partition coefficient (Wildman–Crippen LogP) is 3.55. The van der Waals surface area contributed by atoms with E-state index in [1.54, 1.807) is 6.92 Å². The number of Topliss-reactive ketones (excluding diaryl/α,β-unsaturated/α-hetero) is 1. The monoisotopic (exact) mass is 290 g/mol. The maximum absolute atomic E-state index is 11.2. The normalized spacial score (nSPS) is 9.92. The van der Waals surface area contributed by atoms with E-state index in [2.05, 4.69) is 31.9 Å². The van der Waals surface area contributed by atoms with Crippen LogP contribution >= 0.6 is 31.9 Å². The number of hydrogen-bond acceptors (Lipinski definition) is 1. The van der Waals surface area contributed by atoms with Gasteiger partial charge in [-0.1, -0.05) is 44.0 Å². The molecule has 0 aliphatic rings. The van der Waals surface area contributed by atoms with Crippen LogP contribution in [-0.2, 0) is 5.33 Å². The summed E-state index contributed by atoms with van der Waals surface area (Å²) in [5, 5.41) is 0.710. The van der Waals surface area contributed by atoms with Crippen molar-refractivity contribution >= 4 is 37.6 Å². The van der Waals surface area contributed by atoms with E-state index in [-0.39, 0.29) is 5.78 Å². The highest BCUT2D eigenvalue weighted by molar-refractivity contribution is 9.10. The van der Waals surface area contributed by atoms with Crippen LogP contribution in [0, 0.1) is 0 Å². The van der Waals surface area contributed by atoms with Crippen molar-refractivity contribution in [2.75, 3.05) is 0 Å². The van der Waals surface area contributed by atoms with Crippen LogP contribution in [0.5, 0.6) is 0 Å². The van der Waals surface area contributed by atoms with Gasteiger partial charge in [-0.2, -0.15) is 0 Å². The molecular weight excluding hydrogens is 284 g/mol. The summed E-state index contributed by atoms with van der Waals surface area (Å²) in [4.78, 5) is 11.2. The lowest BCUT2D eigenvalue weighted by atomic mass is 10.1. The molecular formula is C9H8Br2O. The quantitative estimate of drug-likeness (QED) is 0.602. The van der Waals surface area contributed by atoms with Gasteiger partial charge in [0.05, 0.1) is 0 Å². The fourth-order valence-corrected chi connectivity index (χ4v) is 2.23. The van der Waals surface area contributed by atoms with Crippen LogP contribution in [0.25, 0.3) is 0 Å². The van der Waals surface area contributed by atoms with Gasteiger partial charge < -0.3 is 0 Å². The maximum atomic E-state index is 11.2. The van der Waals surface area contributed by atoms with Crippen molar-refractivity contribution in [3.63, 3.8) is 0 Å². The Hall–Kier alpha value is -0.150. The maximum Gasteiger partial charge on any atom is 0.161 e. The molecule has 64 valence electrons. The van der Waals surface area contributed by atoms with Gasteiger partial charge in [0.15, 0.2) is 5.78 Å². The molecule has 0 saturated heterocycles. The first-order chi connectivity index (χ1) is 5.66. The lowest BCUT2D eigenvalue weighted by Gasteiger charge is -2.04. The van der Waals surface area contributed by atoms with Gasteiger partial charge in [-0.05, 0) is 18.6 Å². The van der Waals surface area contributed by atoms with Crippen molar-refractivity contribution in [3.05, 3.63) is 33.8 Å². The molecule has 0 atom stereocenters. The molecule has 0 aliphatic heterocycles. The molecule has 1 nitrogen and oxygen atoms in total. The number of ketones is 1. The van der Waals surface area contributed by atoms with E-state index in [0.29, 0.717) is 5.33 Å². The summed E-state index contributed by atoms with van der Waals surface area (Å²) in [5.74, 6) is 0.0944. The summed E-state index contributed by atoms with van der Waals surface area (Å²) < 4.78 is 0.868. The molecule has 0 bridgehead atoms. The highest BCUT2D eigenvalue weighted by atomic mass is 79.9. The molecule has 0 aliphatic carbocycles. The van der Waals surface area contributed by atoms with Gasteiger partial charge in [0.1, 0.15) is 0 Å². The van der Waals surface area contributed by atoms with Gasteiger partial charge in [0, 0.05) is 15.4 Å². The van der Waals surface area contributed by atoms with E-state index < -0.39 is 0 Å². The molecule has 12 heavy (non-hydrogen) atoms. The molecule has 0 aromatic heterocycles. The first-order valence-corrected chi connectivity index (χ1v) is 5.42. The summed E-state index contributed by atoms with van der Waals surface area (Å²) in [7, 11) is 0. The largest absolute Gasteiger partial charge is 0.294 e. The minimum absolute atomic E-state index is 0.0944. The Kier molecular flexibility index (Phi) is 3.47. The highest BCUT2D eigenvalue weighted by Crippen LogP contribution is 2.22. The number of carbonyl (C=O) groups excluding carboxylic acids is 1. The van der Waals surface area contributed by atoms with Gasteiger partial charge in [0.25, 0.3) is 0 Å². The summed E-state index contributed by atoms with van der Waals surface area (Å²) in [6.07, 6.45) is 0. The average Bonchev–Trinajstić information content (AvgIpc) is 2.03. The molecule has 0 fully saturated rings. The Morgan fingerprint density at radius 1 is 1.50 bits per heavy atom. The minimum Gasteiger partial charge on any atom is -0.294 e. The molecule has 0 heterocycles. The summed E-state index contributed by atoms with van der Waals surface area (Å²) >= 11 is 6.68. The van der Waals surface area contributed by atoms with Crippen molar-refractivity contribution in [1.29, 1.82) is 0 Å². The molecule has 0 unspecified atom stereocenters. The molecule has 1 rings (SSSR count). The van der Waals surface area contributed by atoms with Crippen LogP contribution in [0.3, 0.4) is 0 Å². The van der Waals surface area contributed by atoms with Crippen LogP contribution in [0.15, 0.2) is 22.7 Å². The third kappa shape index (κ3) is 1.96. The molecule has 0 amide bonds. The molecule has 1 aromatic rings. The second-order valence-corrected chi connectivity index (χ2v) is 3.88. The van der Waals surface area contributed by atoms with E-state index in [1.165, 1.54) is 0 Å². The Bertz CT molecular complexity index is 307. The molecule has 1 aromatic carbocycles. The Balaban J connectivity index is 3.29. The highest BCUT2D eigenvalue weighted by Gasteiger charge is 2.09. The van der Waals surface area contributed by atoms with Crippen LogP contribution in [-0.4, -0.2) is 5.78 Å². The van der Waals surface area contributed by atoms with Gasteiger partial charge in [-0.25, -0.2) is 0 Å². The van der Waals surface area contributed by atoms with Gasteiger partial charge in [-0.15, -0.1) is 0 Å². The lowest BCUT2D eigenvalue weighted by molar-refractivity contribution is 0.101. The number of benzene rings is 1. The summed E-state index contributed by atoms with van der Waals surface area (Å²) in [6, 6.07) is 5.74. The fourth-order valence-electron chi connectivity index (χ4n) is 1.07. The van der Waals surface area contributed by atoms with E-state index in [9.17, 15) is 4.79 Å². The number of hydrogen-bond donors (Lipinski definition) is 0. The van der Waals surface area contributed by atoms with E-state index in [4.69, 9.17) is 0 Å². The number of rotatable bonds is 2. The second kappa shape index (κ2) is 4.19. The van der Waals surface area contributed by atoms with Crippen LogP contribution in [0.4, 0.5) is 0 Å². The fraction of sp³-hybridized carbons (Fsp3) is 0.222. The first kappa shape index (κ1) is 9.93. The van der Waals surface area contributed by atoms with Crippen molar-refractivity contribution in [2.24, 2.45) is 0 Å². The Labute approximate surface area is 88.4 Å². The van der Waals surface area contributed by atoms with E-state index >= 15 is 0 Å². The zero-order chi connectivity index (χ0) is 9.14. The summed E-state index contributed by atoms with van der Waals surface area (Å²) in [6.45, 7) is 1.58. The molecule has 0 radical (unpaired) electrons. The Morgan fingerprint density at radius 3 is 2.58 bits per heavy atom. The second-order valence-electron chi connectivity index (χ2n) is 2.46. The third-order valence-corrected chi connectivity index (χ3v) is 2.86. The zero-order valence-corrected chi connectivity index (χ0v) is 9.78. The molecule has 0 N–H and O–H groups in total. The average molecular weight is 292 g/mol. The van der Waals surface area contributed by atoms with Gasteiger partial charge in [0.2, 0.25) is 0 Å². The van der Waals surface area contributed by atoms with Gasteiger partial charge in [-0.3, -0.25) is 4.79 Å². The SMILES string of the molecule is CC(=O)c1c(Br)cccc1CBr. The van der Waals surface area contributed by atoms with Crippen molar-refractivity contribution < 1.29 is 4.79 Å². The topological polar surface area (TPSA) is 17.1 Å². The molecule has 3 heteroatoms. The molecule has 0 spiro atoms. The lowest BCUT2D eigenvalue weighted by Crippen LogP contribution is -1.98. The van der Waals surface area contributed by atoms with Crippen molar-refractivity contribution in [2.45, 2.75) is 12.3 Å². The standard InChI is InChI=1S/C9H8Br2O/c1-6(12)9-7(5-10)3-2-4-8(9)11/h2-4H,5H2,1H3. The van der Waals surface area contributed by atoms with Crippen LogP contribution < -0.4 is 0 Å². The first-order valence-electron chi connectivity index (χ1n) is 3.51. The van der Waals surface area contributed by atoms with Crippen molar-refractivity contribution in [1.82, 2.24) is 0 Å². The minimum atomic E-state index is 0.0944. The smallest absolute Gasteiger partial charge is 0.161 e. The number of carbonyl (C=O) groups is 1.